The molecule has 0 unspecified atom stereocenters. The van der Waals surface area contributed by atoms with Crippen LogP contribution in [0.15, 0.2) is 30.5 Å². The summed E-state index contributed by atoms with van der Waals surface area (Å²) in [5.74, 6) is 0.675. The number of hydrogen-bond donors (Lipinski definition) is 0. The molecule has 0 fully saturated rings. The topological polar surface area (TPSA) is 60.2 Å². The molecule has 2 heterocycles. The Morgan fingerprint density at radius 3 is 2.57 bits per heavy atom. The van der Waals surface area contributed by atoms with Crippen LogP contribution in [0, 0.1) is 6.92 Å². The molecule has 0 saturated heterocycles. The quantitative estimate of drug-likeness (QED) is 0.579. The molecular weight excluding hydrogens is 376 g/mol. The van der Waals surface area contributed by atoms with Crippen LogP contribution in [0.25, 0.3) is 16.7 Å². The fraction of sp³-hybridized carbons (Fsp3) is 0.381. The maximum atomic E-state index is 13.0. The summed E-state index contributed by atoms with van der Waals surface area (Å²) in [6.45, 7) is 7.30. The molecule has 6 nitrogen and oxygen atoms in total. The van der Waals surface area contributed by atoms with Gasteiger partial charge < -0.3 is 9.64 Å². The molecule has 0 aliphatic carbocycles. The first-order valence-corrected chi connectivity index (χ1v) is 9.87. The van der Waals surface area contributed by atoms with Crippen LogP contribution >= 0.6 is 11.6 Å². The summed E-state index contributed by atoms with van der Waals surface area (Å²) in [7, 11) is 1.63. The van der Waals surface area contributed by atoms with E-state index in [1.165, 1.54) is 0 Å². The predicted octanol–water partition coefficient (Wildman–Crippen LogP) is 4.65. The monoisotopic (exact) mass is 400 g/mol. The molecule has 1 aromatic carbocycles. The number of aryl methyl sites for hydroxylation is 1. The lowest BCUT2D eigenvalue weighted by atomic mass is 10.1. The third-order valence-corrected chi connectivity index (χ3v) is 5.20. The number of ether oxygens (including phenoxy) is 1. The van der Waals surface area contributed by atoms with Crippen LogP contribution in [0.5, 0.6) is 5.75 Å². The first-order chi connectivity index (χ1) is 13.5. The van der Waals surface area contributed by atoms with Gasteiger partial charge in [0.2, 0.25) is 0 Å². The molecule has 28 heavy (non-hydrogen) atoms. The lowest BCUT2D eigenvalue weighted by molar-refractivity contribution is 0.0762. The van der Waals surface area contributed by atoms with Crippen LogP contribution < -0.4 is 4.74 Å². The molecule has 148 valence electrons. The molecule has 1 amide bonds. The van der Waals surface area contributed by atoms with E-state index in [9.17, 15) is 4.79 Å². The smallest absolute Gasteiger partial charge is 0.256 e. The van der Waals surface area contributed by atoms with Crippen molar-refractivity contribution in [3.63, 3.8) is 0 Å². The zero-order chi connectivity index (χ0) is 20.3. The van der Waals surface area contributed by atoms with Crippen molar-refractivity contribution in [2.75, 3.05) is 20.2 Å². The van der Waals surface area contributed by atoms with E-state index in [0.717, 1.165) is 30.0 Å². The molecule has 3 aromatic rings. The van der Waals surface area contributed by atoms with E-state index in [2.05, 4.69) is 17.0 Å². The Morgan fingerprint density at radius 2 is 1.96 bits per heavy atom. The Bertz CT molecular complexity index is 982. The van der Waals surface area contributed by atoms with Crippen molar-refractivity contribution < 1.29 is 9.53 Å². The molecular formula is C21H25ClN4O2. The summed E-state index contributed by atoms with van der Waals surface area (Å²) in [4.78, 5) is 19.3. The number of fused-ring (bicyclic) bond motifs is 1. The van der Waals surface area contributed by atoms with E-state index in [-0.39, 0.29) is 5.91 Å². The van der Waals surface area contributed by atoms with Crippen molar-refractivity contribution in [1.82, 2.24) is 19.7 Å². The van der Waals surface area contributed by atoms with Gasteiger partial charge in [0.15, 0.2) is 5.65 Å². The van der Waals surface area contributed by atoms with Gasteiger partial charge in [0.25, 0.3) is 5.91 Å². The first kappa shape index (κ1) is 20.1. The van der Waals surface area contributed by atoms with Gasteiger partial charge in [-0.25, -0.2) is 9.67 Å². The average molecular weight is 401 g/mol. The molecule has 2 aromatic heterocycles. The van der Waals surface area contributed by atoms with Crippen LogP contribution in [0.4, 0.5) is 0 Å². The van der Waals surface area contributed by atoms with Crippen molar-refractivity contribution in [2.24, 2.45) is 0 Å². The highest BCUT2D eigenvalue weighted by molar-refractivity contribution is 6.38. The fourth-order valence-electron chi connectivity index (χ4n) is 3.18. The largest absolute Gasteiger partial charge is 0.497 e. The van der Waals surface area contributed by atoms with Crippen LogP contribution in [0.2, 0.25) is 5.02 Å². The molecule has 0 aliphatic rings. The van der Waals surface area contributed by atoms with E-state index in [4.69, 9.17) is 16.3 Å². The highest BCUT2D eigenvalue weighted by atomic mass is 35.5. The van der Waals surface area contributed by atoms with Gasteiger partial charge in [-0.05, 0) is 44.5 Å². The molecule has 0 saturated carbocycles. The van der Waals surface area contributed by atoms with Crippen molar-refractivity contribution in [2.45, 2.75) is 33.6 Å². The maximum absolute atomic E-state index is 13.0. The second kappa shape index (κ2) is 8.61. The number of hydrogen-bond acceptors (Lipinski definition) is 4. The SMILES string of the molecule is CCCCN(CC)C(=O)c1cnc2c(c(C)nn2-c2ccc(OC)cc2)c1Cl. The van der Waals surface area contributed by atoms with Gasteiger partial charge in [-0.3, -0.25) is 4.79 Å². The minimum atomic E-state index is -0.0908. The third-order valence-electron chi connectivity index (χ3n) is 4.81. The number of aromatic nitrogens is 3. The number of nitrogens with zero attached hydrogens (tertiary/aromatic N) is 4. The highest BCUT2D eigenvalue weighted by Crippen LogP contribution is 2.31. The summed E-state index contributed by atoms with van der Waals surface area (Å²) in [6, 6.07) is 7.54. The van der Waals surface area contributed by atoms with Gasteiger partial charge in [0.1, 0.15) is 5.75 Å². The second-order valence-corrected chi connectivity index (χ2v) is 7.00. The van der Waals surface area contributed by atoms with Gasteiger partial charge in [-0.15, -0.1) is 0 Å². The summed E-state index contributed by atoms with van der Waals surface area (Å²) in [6.07, 6.45) is 3.55. The number of pyridine rings is 1. The lowest BCUT2D eigenvalue weighted by Crippen LogP contribution is -2.32. The zero-order valence-corrected chi connectivity index (χ0v) is 17.5. The van der Waals surface area contributed by atoms with E-state index < -0.39 is 0 Å². The van der Waals surface area contributed by atoms with Crippen LogP contribution in [-0.2, 0) is 0 Å². The lowest BCUT2D eigenvalue weighted by Gasteiger charge is -2.21. The van der Waals surface area contributed by atoms with E-state index in [1.54, 1.807) is 22.9 Å². The van der Waals surface area contributed by atoms with Crippen molar-refractivity contribution in [3.8, 4) is 11.4 Å². The summed E-state index contributed by atoms with van der Waals surface area (Å²) < 4.78 is 6.95. The standard InChI is InChI=1S/C21H25ClN4O2/c1-5-7-12-25(6-2)21(27)17-13-23-20-18(19(17)22)14(3)24-26(20)15-8-10-16(28-4)11-9-15/h8-11,13H,5-7,12H2,1-4H3. The number of rotatable bonds is 7. The number of benzene rings is 1. The molecule has 0 bridgehead atoms. The maximum Gasteiger partial charge on any atom is 0.256 e. The van der Waals surface area contributed by atoms with Gasteiger partial charge in [0, 0.05) is 19.3 Å². The zero-order valence-electron chi connectivity index (χ0n) is 16.7. The fourth-order valence-corrected chi connectivity index (χ4v) is 3.53. The molecule has 0 atom stereocenters. The van der Waals surface area contributed by atoms with Gasteiger partial charge >= 0.3 is 0 Å². The normalized spacial score (nSPS) is 11.0. The van der Waals surface area contributed by atoms with Gasteiger partial charge in [0.05, 0.1) is 34.5 Å². The van der Waals surface area contributed by atoms with E-state index in [0.29, 0.717) is 34.7 Å². The molecule has 0 aliphatic heterocycles. The van der Waals surface area contributed by atoms with E-state index >= 15 is 0 Å². The molecule has 3 rings (SSSR count). The number of halogens is 1. The van der Waals surface area contributed by atoms with Crippen molar-refractivity contribution in [1.29, 1.82) is 0 Å². The average Bonchev–Trinajstić information content (AvgIpc) is 3.06. The number of amides is 1. The summed E-state index contributed by atoms with van der Waals surface area (Å²) in [5, 5.41) is 5.70. The van der Waals surface area contributed by atoms with Crippen molar-refractivity contribution >= 4 is 28.5 Å². The second-order valence-electron chi connectivity index (χ2n) is 6.62. The molecule has 0 radical (unpaired) electrons. The summed E-state index contributed by atoms with van der Waals surface area (Å²) >= 11 is 6.66. The number of carbonyl (C=O) groups is 1. The molecule has 0 N–H and O–H groups in total. The first-order valence-electron chi connectivity index (χ1n) is 9.49. The Kier molecular flexibility index (Phi) is 6.19. The Hall–Kier alpha value is -2.60. The van der Waals surface area contributed by atoms with Gasteiger partial charge in [-0.2, -0.15) is 5.10 Å². The Labute approximate surface area is 170 Å². The number of methoxy groups -OCH3 is 1. The molecule has 0 spiro atoms. The van der Waals surface area contributed by atoms with Gasteiger partial charge in [-0.1, -0.05) is 24.9 Å². The molecule has 7 heteroatoms. The minimum absolute atomic E-state index is 0.0908. The van der Waals surface area contributed by atoms with Crippen molar-refractivity contribution in [3.05, 3.63) is 46.7 Å². The highest BCUT2D eigenvalue weighted by Gasteiger charge is 2.22. The third kappa shape index (κ3) is 3.69. The Morgan fingerprint density at radius 1 is 1.25 bits per heavy atom. The van der Waals surface area contributed by atoms with E-state index in [1.807, 2.05) is 38.1 Å². The predicted molar refractivity (Wildman–Crippen MR) is 112 cm³/mol. The summed E-state index contributed by atoms with van der Waals surface area (Å²) in [5.41, 5.74) is 2.62. The number of unbranched alkanes of at least 4 members (excludes halogenated alkanes) is 1. The number of carbonyl (C=O) groups excluding carboxylic acids is 1. The van der Waals surface area contributed by atoms with Crippen LogP contribution in [0.3, 0.4) is 0 Å². The minimum Gasteiger partial charge on any atom is -0.497 e. The van der Waals surface area contributed by atoms with Crippen LogP contribution in [-0.4, -0.2) is 45.8 Å². The van der Waals surface area contributed by atoms with Crippen LogP contribution in [0.1, 0.15) is 42.7 Å². The Balaban J connectivity index is 2.04.